The van der Waals surface area contributed by atoms with Gasteiger partial charge in [-0.3, -0.25) is 9.59 Å². The highest BCUT2D eigenvalue weighted by molar-refractivity contribution is 9.10. The second kappa shape index (κ2) is 8.31. The molecule has 0 heterocycles. The number of hydrogen-bond acceptors (Lipinski definition) is 2. The third-order valence-corrected chi connectivity index (χ3v) is 4.32. The van der Waals surface area contributed by atoms with Gasteiger partial charge in [0.25, 0.3) is 5.91 Å². The first-order valence-corrected chi connectivity index (χ1v) is 8.67. The van der Waals surface area contributed by atoms with E-state index in [4.69, 9.17) is 11.6 Å². The number of carbonyl (C=O) groups excluding carboxylic acids is 2. The monoisotopic (exact) mass is 408 g/mol. The van der Waals surface area contributed by atoms with Crippen LogP contribution in [-0.4, -0.2) is 17.9 Å². The van der Waals surface area contributed by atoms with E-state index < -0.39 is 6.04 Å². The van der Waals surface area contributed by atoms with Crippen LogP contribution >= 0.6 is 27.5 Å². The zero-order valence-corrected chi connectivity index (χ0v) is 15.7. The fourth-order valence-electron chi connectivity index (χ4n) is 2.15. The maximum absolute atomic E-state index is 12.5. The van der Waals surface area contributed by atoms with Crippen LogP contribution < -0.4 is 10.6 Å². The van der Waals surface area contributed by atoms with Gasteiger partial charge in [-0.2, -0.15) is 0 Å². The average molecular weight is 410 g/mol. The van der Waals surface area contributed by atoms with Crippen molar-refractivity contribution in [1.29, 1.82) is 0 Å². The van der Waals surface area contributed by atoms with Gasteiger partial charge >= 0.3 is 0 Å². The average Bonchev–Trinajstić information content (AvgIpc) is 2.54. The molecule has 2 amide bonds. The van der Waals surface area contributed by atoms with Crippen LogP contribution in [-0.2, 0) is 4.79 Å². The van der Waals surface area contributed by atoms with E-state index in [-0.39, 0.29) is 17.7 Å². The van der Waals surface area contributed by atoms with Gasteiger partial charge in [0.05, 0.1) is 10.6 Å². The van der Waals surface area contributed by atoms with Gasteiger partial charge in [0, 0.05) is 10.2 Å². The molecule has 0 aliphatic carbocycles. The molecule has 0 saturated carbocycles. The van der Waals surface area contributed by atoms with Crippen LogP contribution in [0.2, 0.25) is 5.02 Å². The highest BCUT2D eigenvalue weighted by Crippen LogP contribution is 2.17. The lowest BCUT2D eigenvalue weighted by atomic mass is 10.0. The van der Waals surface area contributed by atoms with Crippen LogP contribution in [0.3, 0.4) is 0 Å². The van der Waals surface area contributed by atoms with E-state index in [2.05, 4.69) is 26.6 Å². The quantitative estimate of drug-likeness (QED) is 0.764. The number of carbonyl (C=O) groups is 2. The SMILES string of the molecule is CC(C)C(NC(=O)c1ccccc1Cl)C(=O)Nc1ccc(Br)cc1. The molecule has 1 atom stereocenters. The summed E-state index contributed by atoms with van der Waals surface area (Å²) in [4.78, 5) is 24.9. The summed E-state index contributed by atoms with van der Waals surface area (Å²) in [7, 11) is 0. The summed E-state index contributed by atoms with van der Waals surface area (Å²) in [5, 5.41) is 5.93. The van der Waals surface area contributed by atoms with Gasteiger partial charge in [0.1, 0.15) is 6.04 Å². The second-order valence-electron chi connectivity index (χ2n) is 5.67. The molecule has 24 heavy (non-hydrogen) atoms. The third kappa shape index (κ3) is 4.82. The Morgan fingerprint density at radius 1 is 1.04 bits per heavy atom. The van der Waals surface area contributed by atoms with Crippen molar-refractivity contribution in [3.05, 3.63) is 63.6 Å². The summed E-state index contributed by atoms with van der Waals surface area (Å²) in [6, 6.07) is 13.3. The van der Waals surface area contributed by atoms with E-state index in [1.165, 1.54) is 0 Å². The molecule has 126 valence electrons. The van der Waals surface area contributed by atoms with Crippen LogP contribution in [0.15, 0.2) is 53.0 Å². The van der Waals surface area contributed by atoms with Gasteiger partial charge in [-0.05, 0) is 42.3 Å². The molecule has 6 heteroatoms. The number of halogens is 2. The zero-order valence-electron chi connectivity index (χ0n) is 13.3. The van der Waals surface area contributed by atoms with Crippen molar-refractivity contribution in [2.45, 2.75) is 19.9 Å². The third-order valence-electron chi connectivity index (χ3n) is 3.47. The highest BCUT2D eigenvalue weighted by Gasteiger charge is 2.25. The smallest absolute Gasteiger partial charge is 0.253 e. The van der Waals surface area contributed by atoms with Crippen LogP contribution in [0.5, 0.6) is 0 Å². The fraction of sp³-hybridized carbons (Fsp3) is 0.222. The predicted molar refractivity (Wildman–Crippen MR) is 100 cm³/mol. The number of anilines is 1. The van der Waals surface area contributed by atoms with Crippen molar-refractivity contribution in [2.24, 2.45) is 5.92 Å². The molecular formula is C18H18BrClN2O2. The molecule has 0 radical (unpaired) electrons. The Hall–Kier alpha value is -1.85. The summed E-state index contributed by atoms with van der Waals surface area (Å²) in [6.45, 7) is 3.75. The van der Waals surface area contributed by atoms with Crippen LogP contribution in [0.1, 0.15) is 24.2 Å². The summed E-state index contributed by atoms with van der Waals surface area (Å²) >= 11 is 9.39. The maximum atomic E-state index is 12.5. The molecule has 0 bridgehead atoms. The van der Waals surface area contributed by atoms with Gasteiger partial charge in [0.2, 0.25) is 5.91 Å². The van der Waals surface area contributed by atoms with Crippen molar-refractivity contribution in [3.63, 3.8) is 0 Å². The van der Waals surface area contributed by atoms with Crippen molar-refractivity contribution in [2.75, 3.05) is 5.32 Å². The number of nitrogens with one attached hydrogen (secondary N) is 2. The first kappa shape index (κ1) is 18.5. The summed E-state index contributed by atoms with van der Waals surface area (Å²) in [6.07, 6.45) is 0. The van der Waals surface area contributed by atoms with Crippen molar-refractivity contribution in [1.82, 2.24) is 5.32 Å². The van der Waals surface area contributed by atoms with Crippen molar-refractivity contribution >= 4 is 45.0 Å². The second-order valence-corrected chi connectivity index (χ2v) is 6.99. The number of hydrogen-bond donors (Lipinski definition) is 2. The molecule has 2 aromatic carbocycles. The first-order chi connectivity index (χ1) is 11.4. The topological polar surface area (TPSA) is 58.2 Å². The van der Waals surface area contributed by atoms with Crippen LogP contribution in [0.4, 0.5) is 5.69 Å². The Kier molecular flexibility index (Phi) is 6.40. The Morgan fingerprint density at radius 2 is 1.67 bits per heavy atom. The van der Waals surface area contributed by atoms with Crippen LogP contribution in [0, 0.1) is 5.92 Å². The minimum atomic E-state index is -0.669. The van der Waals surface area contributed by atoms with Gasteiger partial charge in [-0.1, -0.05) is 53.5 Å². The molecule has 0 aliphatic heterocycles. The van der Waals surface area contributed by atoms with Crippen LogP contribution in [0.25, 0.3) is 0 Å². The minimum absolute atomic E-state index is 0.0770. The van der Waals surface area contributed by atoms with E-state index in [9.17, 15) is 9.59 Å². The molecule has 0 saturated heterocycles. The van der Waals surface area contributed by atoms with Crippen molar-refractivity contribution in [3.8, 4) is 0 Å². The zero-order chi connectivity index (χ0) is 17.7. The molecule has 1 unspecified atom stereocenters. The standard InChI is InChI=1S/C18H18BrClN2O2/c1-11(2)16(18(24)21-13-9-7-12(19)8-10-13)22-17(23)14-5-3-4-6-15(14)20/h3-11,16H,1-2H3,(H,21,24)(H,22,23). The van der Waals surface area contributed by atoms with E-state index in [1.807, 2.05) is 26.0 Å². The van der Waals surface area contributed by atoms with E-state index in [0.29, 0.717) is 16.3 Å². The number of benzene rings is 2. The summed E-state index contributed by atoms with van der Waals surface area (Å²) in [5.74, 6) is -0.718. The summed E-state index contributed by atoms with van der Waals surface area (Å²) in [5.41, 5.74) is 1.02. The number of rotatable bonds is 5. The van der Waals surface area contributed by atoms with Crippen molar-refractivity contribution < 1.29 is 9.59 Å². The lowest BCUT2D eigenvalue weighted by Gasteiger charge is -2.22. The maximum Gasteiger partial charge on any atom is 0.253 e. The molecule has 2 rings (SSSR count). The molecular weight excluding hydrogens is 392 g/mol. The highest BCUT2D eigenvalue weighted by atomic mass is 79.9. The molecule has 0 aliphatic rings. The fourth-order valence-corrected chi connectivity index (χ4v) is 2.64. The van der Waals surface area contributed by atoms with Gasteiger partial charge < -0.3 is 10.6 Å². The lowest BCUT2D eigenvalue weighted by Crippen LogP contribution is -2.47. The van der Waals surface area contributed by atoms with Gasteiger partial charge in [-0.25, -0.2) is 0 Å². The van der Waals surface area contributed by atoms with Gasteiger partial charge in [0.15, 0.2) is 0 Å². The largest absolute Gasteiger partial charge is 0.340 e. The molecule has 4 nitrogen and oxygen atoms in total. The molecule has 0 aromatic heterocycles. The Bertz CT molecular complexity index is 732. The minimum Gasteiger partial charge on any atom is -0.340 e. The molecule has 2 N–H and O–H groups in total. The number of amides is 2. The van der Waals surface area contributed by atoms with Gasteiger partial charge in [-0.15, -0.1) is 0 Å². The Morgan fingerprint density at radius 3 is 2.25 bits per heavy atom. The molecule has 2 aromatic rings. The lowest BCUT2D eigenvalue weighted by molar-refractivity contribution is -0.118. The molecule has 0 spiro atoms. The van der Waals surface area contributed by atoms with E-state index in [1.54, 1.807) is 36.4 Å². The molecule has 0 fully saturated rings. The summed E-state index contributed by atoms with van der Waals surface area (Å²) < 4.78 is 0.924. The predicted octanol–water partition coefficient (Wildman–Crippen LogP) is 4.50. The van der Waals surface area contributed by atoms with E-state index in [0.717, 1.165) is 4.47 Å². The van der Waals surface area contributed by atoms with E-state index >= 15 is 0 Å². The first-order valence-electron chi connectivity index (χ1n) is 7.50. The Balaban J connectivity index is 2.11. The Labute approximate surface area is 154 Å². The normalized spacial score (nSPS) is 11.9.